The molecule has 32 heavy (non-hydrogen) atoms. The summed E-state index contributed by atoms with van der Waals surface area (Å²) in [4.78, 5) is 4.13. The van der Waals surface area contributed by atoms with Crippen molar-refractivity contribution in [1.82, 2.24) is 20.5 Å². The predicted molar refractivity (Wildman–Crippen MR) is 127 cm³/mol. The molecule has 0 spiro atoms. The summed E-state index contributed by atoms with van der Waals surface area (Å²) < 4.78 is 5.19. The van der Waals surface area contributed by atoms with Gasteiger partial charge in [-0.1, -0.05) is 17.4 Å². The molecular formula is C24H29N5O2S. The molecule has 0 amide bonds. The van der Waals surface area contributed by atoms with Gasteiger partial charge >= 0.3 is 0 Å². The van der Waals surface area contributed by atoms with Gasteiger partial charge in [-0.05, 0) is 74.8 Å². The Morgan fingerprint density at radius 2 is 1.88 bits per heavy atom. The number of ether oxygens (including phenoxy) is 1. The third kappa shape index (κ3) is 4.17. The van der Waals surface area contributed by atoms with Crippen LogP contribution >= 0.6 is 11.3 Å². The minimum Gasteiger partial charge on any atom is -0.507 e. The molecule has 1 aromatic carbocycles. The standard InChI is InChI=1S/C24H29N5O2S/c1-23-7-8-24(2,29-23)13-15(12-23)14-26-22-28-27-21(32-22)18-5-4-16(10-19(18)30)17-6-9-25-20(11-17)31-3/h4-6,9-11,15,29-30H,7-8,12-14H2,1-3H3,(H,26,28). The number of nitrogens with one attached hydrogen (secondary N) is 2. The van der Waals surface area contributed by atoms with Crippen LogP contribution < -0.4 is 15.4 Å². The highest BCUT2D eigenvalue weighted by Gasteiger charge is 2.48. The minimum atomic E-state index is 0.178. The molecule has 2 atom stereocenters. The van der Waals surface area contributed by atoms with Crippen LogP contribution in [0.2, 0.25) is 0 Å². The third-order valence-corrected chi connectivity index (χ3v) is 7.70. The van der Waals surface area contributed by atoms with E-state index in [2.05, 4.69) is 39.7 Å². The Labute approximate surface area is 192 Å². The van der Waals surface area contributed by atoms with Crippen LogP contribution in [0.1, 0.15) is 39.5 Å². The first-order valence-corrected chi connectivity index (χ1v) is 11.9. The highest BCUT2D eigenvalue weighted by Crippen LogP contribution is 2.44. The van der Waals surface area contributed by atoms with Gasteiger partial charge in [0.1, 0.15) is 5.75 Å². The number of piperidine rings is 1. The summed E-state index contributed by atoms with van der Waals surface area (Å²) in [5.74, 6) is 1.33. The Morgan fingerprint density at radius 3 is 2.59 bits per heavy atom. The highest BCUT2D eigenvalue weighted by atomic mass is 32.1. The molecule has 0 saturated carbocycles. The molecule has 5 rings (SSSR count). The molecule has 2 aliphatic rings. The largest absolute Gasteiger partial charge is 0.507 e. The Hall–Kier alpha value is -2.71. The van der Waals surface area contributed by atoms with Crippen LogP contribution in [0.25, 0.3) is 21.7 Å². The van der Waals surface area contributed by atoms with E-state index in [1.54, 1.807) is 19.4 Å². The fraction of sp³-hybridized carbons (Fsp3) is 0.458. The maximum absolute atomic E-state index is 10.7. The number of nitrogens with zero attached hydrogens (tertiary/aromatic N) is 3. The molecule has 8 heteroatoms. The Bertz CT molecular complexity index is 1120. The van der Waals surface area contributed by atoms with Crippen molar-refractivity contribution in [2.75, 3.05) is 19.0 Å². The SMILES string of the molecule is COc1cc(-c2ccc(-c3nnc(NCC4CC5(C)CCC(C)(C4)N5)s3)c(O)c2)ccn1. The third-order valence-electron chi connectivity index (χ3n) is 6.78. The molecule has 0 radical (unpaired) electrons. The number of fused-ring (bicyclic) bond motifs is 2. The second-order valence-corrected chi connectivity index (χ2v) is 10.6. The topological polar surface area (TPSA) is 92.2 Å². The maximum atomic E-state index is 10.7. The lowest BCUT2D eigenvalue weighted by atomic mass is 9.80. The van der Waals surface area contributed by atoms with Gasteiger partial charge in [-0.2, -0.15) is 0 Å². The molecule has 168 valence electrons. The van der Waals surface area contributed by atoms with Crippen LogP contribution in [-0.4, -0.2) is 45.0 Å². The summed E-state index contributed by atoms with van der Waals surface area (Å²) in [6.45, 7) is 5.60. The number of anilines is 1. The number of hydrogen-bond acceptors (Lipinski definition) is 8. The lowest BCUT2D eigenvalue weighted by molar-refractivity contribution is 0.178. The van der Waals surface area contributed by atoms with Crippen molar-refractivity contribution in [2.24, 2.45) is 5.92 Å². The summed E-state index contributed by atoms with van der Waals surface area (Å²) >= 11 is 1.47. The Balaban J connectivity index is 1.27. The normalized spacial score (nSPS) is 26.8. The van der Waals surface area contributed by atoms with Crippen molar-refractivity contribution in [2.45, 2.75) is 50.6 Å². The van der Waals surface area contributed by atoms with Crippen molar-refractivity contribution < 1.29 is 9.84 Å². The van der Waals surface area contributed by atoms with Crippen LogP contribution in [0.3, 0.4) is 0 Å². The van der Waals surface area contributed by atoms with Gasteiger partial charge in [0.05, 0.1) is 12.7 Å². The van der Waals surface area contributed by atoms with E-state index in [1.807, 2.05) is 24.3 Å². The highest BCUT2D eigenvalue weighted by molar-refractivity contribution is 7.18. The van der Waals surface area contributed by atoms with E-state index in [1.165, 1.54) is 37.0 Å². The first kappa shape index (κ1) is 21.2. The van der Waals surface area contributed by atoms with E-state index in [9.17, 15) is 5.11 Å². The van der Waals surface area contributed by atoms with Gasteiger partial charge in [0.2, 0.25) is 11.0 Å². The average Bonchev–Trinajstić information content (AvgIpc) is 3.33. The number of rotatable bonds is 6. The van der Waals surface area contributed by atoms with Crippen LogP contribution in [0.5, 0.6) is 11.6 Å². The van der Waals surface area contributed by atoms with Crippen LogP contribution in [-0.2, 0) is 0 Å². The van der Waals surface area contributed by atoms with E-state index >= 15 is 0 Å². The molecule has 2 bridgehead atoms. The van der Waals surface area contributed by atoms with Crippen LogP contribution in [0.15, 0.2) is 36.5 Å². The second kappa shape index (κ2) is 8.01. The van der Waals surface area contributed by atoms with Crippen molar-refractivity contribution in [3.8, 4) is 33.3 Å². The number of benzene rings is 1. The zero-order valence-corrected chi connectivity index (χ0v) is 19.5. The molecule has 7 nitrogen and oxygen atoms in total. The Kier molecular flexibility index (Phi) is 5.29. The predicted octanol–water partition coefficient (Wildman–Crippen LogP) is 4.70. The van der Waals surface area contributed by atoms with E-state index in [-0.39, 0.29) is 16.8 Å². The van der Waals surface area contributed by atoms with Crippen molar-refractivity contribution in [3.63, 3.8) is 0 Å². The van der Waals surface area contributed by atoms with Gasteiger partial charge in [0.25, 0.3) is 0 Å². The van der Waals surface area contributed by atoms with Gasteiger partial charge in [-0.25, -0.2) is 4.98 Å². The summed E-state index contributed by atoms with van der Waals surface area (Å²) in [5, 5.41) is 28.1. The number of phenolic OH excluding ortho intramolecular Hbond substituents is 1. The van der Waals surface area contributed by atoms with Crippen molar-refractivity contribution in [3.05, 3.63) is 36.5 Å². The molecule has 3 N–H and O–H groups in total. The number of methoxy groups -OCH3 is 1. The van der Waals surface area contributed by atoms with Gasteiger partial charge in [-0.3, -0.25) is 0 Å². The fourth-order valence-electron chi connectivity index (χ4n) is 5.43. The number of phenols is 1. The summed E-state index contributed by atoms with van der Waals surface area (Å²) in [6, 6.07) is 9.32. The summed E-state index contributed by atoms with van der Waals surface area (Å²) in [6.07, 6.45) is 6.57. The van der Waals surface area contributed by atoms with Crippen LogP contribution in [0.4, 0.5) is 5.13 Å². The zero-order chi connectivity index (χ0) is 22.3. The van der Waals surface area contributed by atoms with Crippen molar-refractivity contribution in [1.29, 1.82) is 0 Å². The number of pyridine rings is 1. The molecular weight excluding hydrogens is 422 g/mol. The van der Waals surface area contributed by atoms with E-state index in [0.29, 0.717) is 22.4 Å². The lowest BCUT2D eigenvalue weighted by Crippen LogP contribution is -2.54. The molecule has 3 aromatic rings. The first-order chi connectivity index (χ1) is 15.3. The average molecular weight is 452 g/mol. The molecule has 2 fully saturated rings. The zero-order valence-electron chi connectivity index (χ0n) is 18.7. The van der Waals surface area contributed by atoms with E-state index in [4.69, 9.17) is 4.74 Å². The van der Waals surface area contributed by atoms with Crippen LogP contribution in [0, 0.1) is 5.92 Å². The van der Waals surface area contributed by atoms with Gasteiger partial charge in [0.15, 0.2) is 5.01 Å². The minimum absolute atomic E-state index is 0.178. The Morgan fingerprint density at radius 1 is 1.12 bits per heavy atom. The molecule has 2 unspecified atom stereocenters. The first-order valence-electron chi connectivity index (χ1n) is 11.1. The van der Waals surface area contributed by atoms with Crippen molar-refractivity contribution >= 4 is 16.5 Å². The van der Waals surface area contributed by atoms with E-state index in [0.717, 1.165) is 22.8 Å². The molecule has 0 aliphatic carbocycles. The van der Waals surface area contributed by atoms with E-state index < -0.39 is 0 Å². The smallest absolute Gasteiger partial charge is 0.213 e. The number of aromatic hydroxyl groups is 1. The summed E-state index contributed by atoms with van der Waals surface area (Å²) in [7, 11) is 1.59. The lowest BCUT2D eigenvalue weighted by Gasteiger charge is -2.42. The number of hydrogen-bond donors (Lipinski definition) is 3. The fourth-order valence-corrected chi connectivity index (χ4v) is 6.21. The van der Waals surface area contributed by atoms with Gasteiger partial charge in [0, 0.05) is 29.9 Å². The molecule has 2 saturated heterocycles. The quantitative estimate of drug-likeness (QED) is 0.500. The molecule has 2 aliphatic heterocycles. The van der Waals surface area contributed by atoms with Gasteiger partial charge in [-0.15, -0.1) is 10.2 Å². The monoisotopic (exact) mass is 451 g/mol. The number of aromatic nitrogens is 3. The maximum Gasteiger partial charge on any atom is 0.213 e. The molecule has 4 heterocycles. The van der Waals surface area contributed by atoms with Gasteiger partial charge < -0.3 is 20.5 Å². The summed E-state index contributed by atoms with van der Waals surface area (Å²) in [5.41, 5.74) is 3.02. The second-order valence-electron chi connectivity index (χ2n) is 9.63. The molecule has 2 aromatic heterocycles.